The minimum Gasteiger partial charge on any atom is -0.495 e. The standard InChI is InChI=1S/C21H16ClFN4O2/c1-29-19-9-4-14(22)12-18(19)25-20(28)17-13-24-27(16-7-5-15(23)6-8-16)21(17)26-10-2-3-11-26/h2-13H,1H3,(H,25,28). The molecule has 0 aliphatic heterocycles. The first-order valence-electron chi connectivity index (χ1n) is 8.69. The van der Waals surface area contributed by atoms with Crippen molar-refractivity contribution in [1.82, 2.24) is 14.3 Å². The molecule has 0 radical (unpaired) electrons. The maximum atomic E-state index is 13.3. The van der Waals surface area contributed by atoms with Crippen LogP contribution < -0.4 is 10.1 Å². The molecule has 0 aliphatic carbocycles. The van der Waals surface area contributed by atoms with E-state index in [-0.39, 0.29) is 11.7 Å². The van der Waals surface area contributed by atoms with Crippen molar-refractivity contribution in [3.8, 4) is 17.3 Å². The topological polar surface area (TPSA) is 61.1 Å². The van der Waals surface area contributed by atoms with Crippen LogP contribution in [0.15, 0.2) is 73.2 Å². The molecule has 4 aromatic rings. The summed E-state index contributed by atoms with van der Waals surface area (Å²) in [6, 6.07) is 14.5. The normalized spacial score (nSPS) is 10.7. The molecule has 0 spiro atoms. The Balaban J connectivity index is 1.77. The van der Waals surface area contributed by atoms with Crippen molar-refractivity contribution in [2.24, 2.45) is 0 Å². The van der Waals surface area contributed by atoms with Crippen LogP contribution in [-0.4, -0.2) is 27.4 Å². The number of hydrogen-bond donors (Lipinski definition) is 1. The zero-order valence-corrected chi connectivity index (χ0v) is 16.1. The maximum Gasteiger partial charge on any atom is 0.261 e. The van der Waals surface area contributed by atoms with E-state index in [1.807, 2.05) is 12.1 Å². The Morgan fingerprint density at radius 2 is 1.86 bits per heavy atom. The monoisotopic (exact) mass is 410 g/mol. The van der Waals surface area contributed by atoms with Crippen molar-refractivity contribution < 1.29 is 13.9 Å². The van der Waals surface area contributed by atoms with Crippen LogP contribution in [0.5, 0.6) is 5.75 Å². The van der Waals surface area contributed by atoms with Gasteiger partial charge in [-0.3, -0.25) is 4.79 Å². The van der Waals surface area contributed by atoms with Crippen LogP contribution in [0.1, 0.15) is 10.4 Å². The van der Waals surface area contributed by atoms with E-state index in [1.54, 1.807) is 52.0 Å². The molecule has 0 saturated heterocycles. The molecule has 8 heteroatoms. The fraction of sp³-hybridized carbons (Fsp3) is 0.0476. The highest BCUT2D eigenvalue weighted by Gasteiger charge is 2.21. The first-order chi connectivity index (χ1) is 14.1. The summed E-state index contributed by atoms with van der Waals surface area (Å²) in [5, 5.41) is 7.64. The van der Waals surface area contributed by atoms with Gasteiger partial charge in [-0.2, -0.15) is 5.10 Å². The van der Waals surface area contributed by atoms with Crippen LogP contribution in [0.2, 0.25) is 5.02 Å². The van der Waals surface area contributed by atoms with E-state index in [0.717, 1.165) is 0 Å². The number of benzene rings is 2. The predicted octanol–water partition coefficient (Wildman–Crippen LogP) is 4.72. The Morgan fingerprint density at radius 1 is 1.14 bits per heavy atom. The third-order valence-electron chi connectivity index (χ3n) is 4.32. The van der Waals surface area contributed by atoms with Crippen LogP contribution in [0.3, 0.4) is 0 Å². The van der Waals surface area contributed by atoms with Gasteiger partial charge in [-0.1, -0.05) is 11.6 Å². The Hall–Kier alpha value is -3.58. The number of ether oxygens (including phenoxy) is 1. The van der Waals surface area contributed by atoms with Crippen molar-refractivity contribution >= 4 is 23.2 Å². The van der Waals surface area contributed by atoms with Crippen LogP contribution in [-0.2, 0) is 0 Å². The lowest BCUT2D eigenvalue weighted by molar-refractivity contribution is 0.102. The van der Waals surface area contributed by atoms with Gasteiger partial charge in [-0.05, 0) is 54.6 Å². The van der Waals surface area contributed by atoms with Crippen LogP contribution in [0.25, 0.3) is 11.5 Å². The van der Waals surface area contributed by atoms with Gasteiger partial charge in [-0.25, -0.2) is 9.07 Å². The minimum atomic E-state index is -0.386. The smallest absolute Gasteiger partial charge is 0.261 e. The number of nitrogens with one attached hydrogen (secondary N) is 1. The van der Waals surface area contributed by atoms with Gasteiger partial charge >= 0.3 is 0 Å². The van der Waals surface area contributed by atoms with Crippen LogP contribution >= 0.6 is 11.6 Å². The lowest BCUT2D eigenvalue weighted by atomic mass is 10.2. The molecule has 0 fully saturated rings. The molecular weight excluding hydrogens is 395 g/mol. The number of rotatable bonds is 5. The number of nitrogens with zero attached hydrogens (tertiary/aromatic N) is 3. The van der Waals surface area contributed by atoms with Gasteiger partial charge in [0.05, 0.1) is 24.7 Å². The van der Waals surface area contributed by atoms with Gasteiger partial charge < -0.3 is 14.6 Å². The second-order valence-electron chi connectivity index (χ2n) is 6.16. The van der Waals surface area contributed by atoms with Gasteiger partial charge in [0.1, 0.15) is 17.1 Å². The van der Waals surface area contributed by atoms with Crippen molar-refractivity contribution in [2.75, 3.05) is 12.4 Å². The quantitative estimate of drug-likeness (QED) is 0.518. The van der Waals surface area contributed by atoms with Crippen molar-refractivity contribution in [3.63, 3.8) is 0 Å². The van der Waals surface area contributed by atoms with Crippen LogP contribution in [0.4, 0.5) is 10.1 Å². The van der Waals surface area contributed by atoms with Crippen LogP contribution in [0, 0.1) is 5.82 Å². The summed E-state index contributed by atoms with van der Waals surface area (Å²) in [6.45, 7) is 0. The number of anilines is 1. The van der Waals surface area contributed by atoms with Gasteiger partial charge in [-0.15, -0.1) is 0 Å². The molecule has 0 saturated carbocycles. The summed E-state index contributed by atoms with van der Waals surface area (Å²) < 4.78 is 22.0. The van der Waals surface area contributed by atoms with Crippen molar-refractivity contribution in [1.29, 1.82) is 0 Å². The Kier molecular flexibility index (Phi) is 5.05. The van der Waals surface area contributed by atoms with Gasteiger partial charge in [0.15, 0.2) is 5.82 Å². The average Bonchev–Trinajstić information content (AvgIpc) is 3.38. The molecule has 2 aromatic heterocycles. The number of methoxy groups -OCH3 is 1. The summed E-state index contributed by atoms with van der Waals surface area (Å²) in [5.41, 5.74) is 1.39. The highest BCUT2D eigenvalue weighted by molar-refractivity contribution is 6.31. The number of amides is 1. The predicted molar refractivity (Wildman–Crippen MR) is 109 cm³/mol. The second kappa shape index (κ2) is 7.81. The Morgan fingerprint density at radius 3 is 2.55 bits per heavy atom. The molecule has 29 heavy (non-hydrogen) atoms. The summed E-state index contributed by atoms with van der Waals surface area (Å²) in [7, 11) is 1.51. The number of carbonyl (C=O) groups is 1. The van der Waals surface area contributed by atoms with E-state index in [0.29, 0.717) is 33.5 Å². The third-order valence-corrected chi connectivity index (χ3v) is 4.55. The zero-order valence-electron chi connectivity index (χ0n) is 15.3. The molecule has 0 atom stereocenters. The van der Waals surface area contributed by atoms with Crippen molar-refractivity contribution in [3.05, 3.63) is 89.6 Å². The number of halogens is 2. The van der Waals surface area contributed by atoms with E-state index in [2.05, 4.69) is 10.4 Å². The SMILES string of the molecule is COc1ccc(Cl)cc1NC(=O)c1cnn(-c2ccc(F)cc2)c1-n1cccc1. The molecule has 2 heterocycles. The molecule has 1 amide bonds. The third kappa shape index (κ3) is 3.72. The maximum absolute atomic E-state index is 13.3. The number of carbonyl (C=O) groups excluding carboxylic acids is 1. The Labute approximate surface area is 171 Å². The average molecular weight is 411 g/mol. The molecule has 146 valence electrons. The highest BCUT2D eigenvalue weighted by Crippen LogP contribution is 2.29. The van der Waals surface area contributed by atoms with E-state index < -0.39 is 0 Å². The fourth-order valence-corrected chi connectivity index (χ4v) is 3.14. The lowest BCUT2D eigenvalue weighted by Gasteiger charge is -2.13. The van der Waals surface area contributed by atoms with Gasteiger partial charge in [0.2, 0.25) is 0 Å². The lowest BCUT2D eigenvalue weighted by Crippen LogP contribution is -2.16. The molecular formula is C21H16ClFN4O2. The molecule has 4 rings (SSSR count). The van der Waals surface area contributed by atoms with E-state index >= 15 is 0 Å². The largest absolute Gasteiger partial charge is 0.495 e. The molecule has 0 aliphatic rings. The van der Waals surface area contributed by atoms with Gasteiger partial charge in [0, 0.05) is 17.4 Å². The molecule has 0 unspecified atom stereocenters. The minimum absolute atomic E-state index is 0.326. The highest BCUT2D eigenvalue weighted by atomic mass is 35.5. The van der Waals surface area contributed by atoms with Gasteiger partial charge in [0.25, 0.3) is 5.91 Å². The second-order valence-corrected chi connectivity index (χ2v) is 6.60. The van der Waals surface area contributed by atoms with E-state index in [9.17, 15) is 9.18 Å². The molecule has 2 aromatic carbocycles. The zero-order chi connectivity index (χ0) is 20.4. The van der Waals surface area contributed by atoms with E-state index in [4.69, 9.17) is 16.3 Å². The number of hydrogen-bond acceptors (Lipinski definition) is 3. The summed E-state index contributed by atoms with van der Waals surface area (Å²) in [5.74, 6) is 0.258. The first kappa shape index (κ1) is 18.8. The summed E-state index contributed by atoms with van der Waals surface area (Å²) >= 11 is 6.05. The first-order valence-corrected chi connectivity index (χ1v) is 9.07. The summed E-state index contributed by atoms with van der Waals surface area (Å²) in [4.78, 5) is 13.1. The Bertz CT molecular complexity index is 1150. The fourth-order valence-electron chi connectivity index (χ4n) is 2.97. The summed E-state index contributed by atoms with van der Waals surface area (Å²) in [6.07, 6.45) is 5.06. The van der Waals surface area contributed by atoms with E-state index in [1.165, 1.54) is 25.4 Å². The molecule has 6 nitrogen and oxygen atoms in total. The molecule has 1 N–H and O–H groups in total. The molecule has 0 bridgehead atoms. The van der Waals surface area contributed by atoms with Crippen molar-refractivity contribution in [2.45, 2.75) is 0 Å². The number of aromatic nitrogens is 3.